The molecule has 20 nitrogen and oxygen atoms in total. The Morgan fingerprint density at radius 3 is 1.58 bits per heavy atom. The first-order chi connectivity index (χ1) is 31.4. The number of aromatic nitrogens is 8. The van der Waals surface area contributed by atoms with Crippen molar-refractivity contribution in [3.63, 3.8) is 0 Å². The number of halogens is 1. The predicted molar refractivity (Wildman–Crippen MR) is 233 cm³/mol. The lowest BCUT2D eigenvalue weighted by molar-refractivity contribution is 0.0583. The molecule has 6 aromatic rings. The third-order valence-corrected chi connectivity index (χ3v) is 10.6. The summed E-state index contributed by atoms with van der Waals surface area (Å²) in [7, 11) is 5.29. The van der Waals surface area contributed by atoms with Crippen molar-refractivity contribution in [3.8, 4) is 22.9 Å². The third kappa shape index (κ3) is 10.7. The van der Waals surface area contributed by atoms with Crippen LogP contribution in [-0.4, -0.2) is 139 Å². The van der Waals surface area contributed by atoms with E-state index in [1.54, 1.807) is 54.1 Å². The number of hydrogen-bond acceptors (Lipinski definition) is 16. The fourth-order valence-electron chi connectivity index (χ4n) is 7.51. The van der Waals surface area contributed by atoms with Crippen LogP contribution in [0.3, 0.4) is 0 Å². The average Bonchev–Trinajstić information content (AvgIpc) is 4.18. The molecule has 2 aliphatic rings. The minimum absolute atomic E-state index is 0.0154. The number of ether oxygens (including phenoxy) is 4. The zero-order valence-electron chi connectivity index (χ0n) is 36.6. The number of esters is 2. The van der Waals surface area contributed by atoms with Crippen LogP contribution < -0.4 is 20.5 Å². The molecular weight excluding hydrogens is 844 g/mol. The molecule has 2 aliphatic heterocycles. The van der Waals surface area contributed by atoms with Crippen LogP contribution in [0, 0.1) is 5.95 Å². The highest BCUT2D eigenvalue weighted by Gasteiger charge is 2.36. The summed E-state index contributed by atoms with van der Waals surface area (Å²) in [6, 6.07) is 17.7. The normalized spacial score (nSPS) is 17.5. The number of likely N-dealkylation sites (tertiary alicyclic amines) is 2. The van der Waals surface area contributed by atoms with Crippen molar-refractivity contribution in [2.24, 2.45) is 5.73 Å². The van der Waals surface area contributed by atoms with Gasteiger partial charge in [-0.2, -0.15) is 34.4 Å². The number of nitrogens with zero attached hydrogens (tertiary/aromatic N) is 10. The monoisotopic (exact) mass is 892 g/mol. The Bertz CT molecular complexity index is 2580. The number of carbonyl (C=O) groups excluding carboxylic acids is 4. The summed E-state index contributed by atoms with van der Waals surface area (Å²) >= 11 is 0. The van der Waals surface area contributed by atoms with Gasteiger partial charge in [0.05, 0.1) is 75.7 Å². The first kappa shape index (κ1) is 46.7. The number of amides is 2. The van der Waals surface area contributed by atoms with Crippen LogP contribution >= 0.6 is 0 Å². The average molecular weight is 893 g/mol. The van der Waals surface area contributed by atoms with Crippen molar-refractivity contribution in [1.82, 2.24) is 49.8 Å². The van der Waals surface area contributed by atoms with E-state index in [0.717, 1.165) is 13.5 Å². The number of hydrogen-bond donors (Lipinski definition) is 2. The van der Waals surface area contributed by atoms with Gasteiger partial charge in [0.15, 0.2) is 5.56 Å². The topological polar surface area (TPSA) is 237 Å². The van der Waals surface area contributed by atoms with E-state index in [1.165, 1.54) is 43.2 Å². The number of anilines is 1. The number of para-hydroxylation sites is 2. The highest BCUT2D eigenvalue weighted by Crippen LogP contribution is 2.30. The number of carbonyl (C=O) groups is 4. The second kappa shape index (κ2) is 21.5. The van der Waals surface area contributed by atoms with Gasteiger partial charge in [0.2, 0.25) is 5.95 Å². The van der Waals surface area contributed by atoms with Gasteiger partial charge in [0.25, 0.3) is 11.8 Å². The predicted octanol–water partition coefficient (Wildman–Crippen LogP) is 4.02. The van der Waals surface area contributed by atoms with Gasteiger partial charge in [-0.25, -0.2) is 19.6 Å². The van der Waals surface area contributed by atoms with E-state index in [4.69, 9.17) is 19.9 Å². The zero-order chi connectivity index (χ0) is 46.6. The zero-order valence-corrected chi connectivity index (χ0v) is 36.6. The second-order valence-corrected chi connectivity index (χ2v) is 14.8. The Morgan fingerprint density at radius 2 is 1.09 bits per heavy atom. The van der Waals surface area contributed by atoms with Crippen molar-refractivity contribution < 1.29 is 42.5 Å². The molecule has 0 unspecified atom stereocenters. The number of nitrogens with two attached hydrogens (primary N) is 1. The number of rotatable bonds is 10. The summed E-state index contributed by atoms with van der Waals surface area (Å²) in [4.78, 5) is 63.6. The van der Waals surface area contributed by atoms with E-state index < -0.39 is 17.9 Å². The molecule has 21 heteroatoms. The largest absolute Gasteiger partial charge is 0.496 e. The van der Waals surface area contributed by atoms with Crippen LogP contribution in [0.15, 0.2) is 97.8 Å². The summed E-state index contributed by atoms with van der Waals surface area (Å²) < 4.78 is 32.3. The van der Waals surface area contributed by atoms with E-state index >= 15 is 0 Å². The van der Waals surface area contributed by atoms with Gasteiger partial charge in [-0.3, -0.25) is 9.59 Å². The van der Waals surface area contributed by atoms with E-state index in [-0.39, 0.29) is 52.9 Å². The first-order valence-electron chi connectivity index (χ1n) is 20.3. The summed E-state index contributed by atoms with van der Waals surface area (Å²) in [6.07, 6.45) is 10.6. The molecule has 4 aromatic heterocycles. The highest BCUT2D eigenvalue weighted by atomic mass is 19.1. The maximum Gasteiger partial charge on any atom is 0.346 e. The molecule has 0 spiro atoms. The number of benzene rings is 2. The van der Waals surface area contributed by atoms with Gasteiger partial charge < -0.3 is 39.8 Å². The Kier molecular flexibility index (Phi) is 15.5. The number of methoxy groups -OCH3 is 4. The lowest BCUT2D eigenvalue weighted by Crippen LogP contribution is -2.36. The Balaban J connectivity index is 0.000000180. The minimum Gasteiger partial charge on any atom is -0.496 e. The smallest absolute Gasteiger partial charge is 0.346 e. The molecule has 2 amide bonds. The third-order valence-electron chi connectivity index (χ3n) is 10.6. The van der Waals surface area contributed by atoms with Crippen molar-refractivity contribution in [3.05, 3.63) is 126 Å². The molecule has 65 heavy (non-hydrogen) atoms. The van der Waals surface area contributed by atoms with E-state index in [9.17, 15) is 23.6 Å². The lowest BCUT2D eigenvalue weighted by Gasteiger charge is -2.22. The molecule has 340 valence electrons. The molecule has 2 saturated heterocycles. The van der Waals surface area contributed by atoms with Gasteiger partial charge in [-0.1, -0.05) is 24.3 Å². The van der Waals surface area contributed by atoms with E-state index in [0.29, 0.717) is 53.6 Å². The Labute approximate surface area is 373 Å². The number of pyridine rings is 2. The van der Waals surface area contributed by atoms with Gasteiger partial charge >= 0.3 is 11.9 Å². The molecule has 4 atom stereocenters. The maximum atomic E-state index is 13.4. The van der Waals surface area contributed by atoms with Crippen LogP contribution in [0.2, 0.25) is 0 Å². The molecule has 0 saturated carbocycles. The van der Waals surface area contributed by atoms with Crippen molar-refractivity contribution in [2.75, 3.05) is 46.8 Å². The van der Waals surface area contributed by atoms with Gasteiger partial charge in [0, 0.05) is 49.7 Å². The van der Waals surface area contributed by atoms with Crippen molar-refractivity contribution >= 4 is 29.6 Å². The van der Waals surface area contributed by atoms with Crippen LogP contribution in [0.4, 0.5) is 10.2 Å². The molecule has 0 aliphatic carbocycles. The SMILES string of the molecule is COC(=O)c1c(OC)ccnc1F.COC(=O)c1c(OC)ccnc1N[C@@H]1C[C@@H](C)N(C(=O)c2ccccc2-n2nccn2)C1.C[C@@H]1C[C@@H](N)CN1C(=O)c1ccccc1-n1nccn1. The first-order valence-corrected chi connectivity index (χ1v) is 20.3. The molecule has 0 radical (unpaired) electrons. The van der Waals surface area contributed by atoms with Gasteiger partial charge in [-0.15, -0.1) is 0 Å². The number of nitrogens with one attached hydrogen (secondary N) is 1. The molecule has 2 aromatic carbocycles. The van der Waals surface area contributed by atoms with Gasteiger partial charge in [0.1, 0.15) is 22.9 Å². The standard InChI is InChI=1S/C22H24N6O4.C14H17N5O.C8H8FNO3/c1-14-12-15(26-20-19(22(30)32-3)18(31-2)8-9-23-20)13-27(14)21(29)16-6-4-5-7-17(16)28-24-10-11-25-28;1-10-8-11(15)9-18(10)14(20)12-4-2-3-5-13(12)19-16-6-7-17-19;1-12-5-3-4-10-7(9)6(5)8(11)13-2/h4-11,14-15H,12-13H2,1-3H3,(H,23,26);2-7,10-11H,8-9,15H2,1H3;3-4H,1-2H3/t14-,15-;10-,11-;/m11./s1. The molecule has 3 N–H and O–H groups in total. The lowest BCUT2D eigenvalue weighted by atomic mass is 10.1. The van der Waals surface area contributed by atoms with Crippen LogP contribution in [-0.2, 0) is 9.47 Å². The van der Waals surface area contributed by atoms with Crippen molar-refractivity contribution in [2.45, 2.75) is 50.9 Å². The fourth-order valence-corrected chi connectivity index (χ4v) is 7.51. The van der Waals surface area contributed by atoms with Crippen LogP contribution in [0.25, 0.3) is 11.4 Å². The molecule has 6 heterocycles. The van der Waals surface area contributed by atoms with Gasteiger partial charge in [-0.05, 0) is 63.1 Å². The quantitative estimate of drug-likeness (QED) is 0.146. The molecule has 0 bridgehead atoms. The molecule has 2 fully saturated rings. The molecular formula is C44H49FN12O8. The Morgan fingerprint density at radius 1 is 0.631 bits per heavy atom. The van der Waals surface area contributed by atoms with E-state index in [1.807, 2.05) is 55.1 Å². The second-order valence-electron chi connectivity index (χ2n) is 14.8. The molecule has 8 rings (SSSR count). The van der Waals surface area contributed by atoms with E-state index in [2.05, 4.69) is 40.4 Å². The van der Waals surface area contributed by atoms with Crippen LogP contribution in [0.5, 0.6) is 11.5 Å². The van der Waals surface area contributed by atoms with Crippen molar-refractivity contribution in [1.29, 1.82) is 0 Å². The Hall–Kier alpha value is -7.81. The highest BCUT2D eigenvalue weighted by molar-refractivity contribution is 5.99. The summed E-state index contributed by atoms with van der Waals surface area (Å²) in [6.45, 7) is 5.06. The summed E-state index contributed by atoms with van der Waals surface area (Å²) in [5.41, 5.74) is 8.31. The summed E-state index contributed by atoms with van der Waals surface area (Å²) in [5, 5.41) is 19.8. The maximum absolute atomic E-state index is 13.4. The summed E-state index contributed by atoms with van der Waals surface area (Å²) in [5.74, 6) is -1.53. The van der Waals surface area contributed by atoms with Crippen LogP contribution in [0.1, 0.15) is 68.1 Å². The minimum atomic E-state index is -0.897. The fraction of sp³-hybridized carbons (Fsp3) is 0.318.